The van der Waals surface area contributed by atoms with E-state index in [1.165, 1.54) is 16.9 Å². The highest BCUT2D eigenvalue weighted by molar-refractivity contribution is 6.04. The second-order valence-corrected chi connectivity index (χ2v) is 9.98. The number of carbonyl (C=O) groups is 1. The van der Waals surface area contributed by atoms with Crippen LogP contribution < -0.4 is 0 Å². The predicted molar refractivity (Wildman–Crippen MR) is 137 cm³/mol. The lowest BCUT2D eigenvalue weighted by Crippen LogP contribution is -2.19. The maximum absolute atomic E-state index is 11.0. The standard InChI is InChI=1S/C28H29N5O2/c34-26(35)13-17-1-3-18(4-2-17)19-5-7-20(8-6-19)23-10-9-21(14-30-23)28-32-25-12-11-24-22(27(25)33-28)15-29-16-31-24/h5,7,11-12,14-18H,1-4,6,8-10,13H2,(H,32,33)(H,34,35). The number of H-pyrrole nitrogens is 1. The molecule has 2 N–H and O–H groups in total. The number of benzene rings is 1. The van der Waals surface area contributed by atoms with Crippen LogP contribution in [-0.4, -0.2) is 36.7 Å². The van der Waals surface area contributed by atoms with Crippen LogP contribution in [0.5, 0.6) is 0 Å². The van der Waals surface area contributed by atoms with Gasteiger partial charge in [-0.15, -0.1) is 0 Å². The van der Waals surface area contributed by atoms with Crippen molar-refractivity contribution >= 4 is 39.2 Å². The number of hydrogen-bond donors (Lipinski definition) is 2. The maximum atomic E-state index is 11.0. The Bertz CT molecular complexity index is 1420. The highest BCUT2D eigenvalue weighted by Crippen LogP contribution is 2.39. The Hall–Kier alpha value is -3.61. The number of imidazole rings is 1. The molecule has 7 nitrogen and oxygen atoms in total. The molecule has 3 aliphatic rings. The van der Waals surface area contributed by atoms with Crippen LogP contribution in [0.15, 0.2) is 59.1 Å². The highest BCUT2D eigenvalue weighted by atomic mass is 16.4. The molecule has 35 heavy (non-hydrogen) atoms. The van der Waals surface area contributed by atoms with Crippen molar-refractivity contribution in [1.82, 2.24) is 19.9 Å². The fourth-order valence-corrected chi connectivity index (χ4v) is 5.86. The molecular weight excluding hydrogens is 438 g/mol. The third-order valence-corrected chi connectivity index (χ3v) is 7.84. The summed E-state index contributed by atoms with van der Waals surface area (Å²) < 4.78 is 0. The number of fused-ring (bicyclic) bond motifs is 3. The van der Waals surface area contributed by atoms with Crippen molar-refractivity contribution < 1.29 is 9.90 Å². The third kappa shape index (κ3) is 4.43. The number of hydrogen-bond acceptors (Lipinski definition) is 5. The van der Waals surface area contributed by atoms with E-state index in [-0.39, 0.29) is 0 Å². The van der Waals surface area contributed by atoms with Crippen LogP contribution >= 0.6 is 0 Å². The smallest absolute Gasteiger partial charge is 0.303 e. The predicted octanol–water partition coefficient (Wildman–Crippen LogP) is 6.01. The molecule has 0 saturated heterocycles. The Labute approximate surface area is 203 Å². The lowest BCUT2D eigenvalue weighted by atomic mass is 9.75. The molecule has 1 aliphatic heterocycles. The molecule has 1 fully saturated rings. The molecule has 0 spiro atoms. The molecule has 0 amide bonds. The van der Waals surface area contributed by atoms with Crippen LogP contribution in [-0.2, 0) is 4.79 Å². The van der Waals surface area contributed by atoms with Gasteiger partial charge in [-0.05, 0) is 80.9 Å². The molecule has 2 aliphatic carbocycles. The summed E-state index contributed by atoms with van der Waals surface area (Å²) in [7, 11) is 0. The third-order valence-electron chi connectivity index (χ3n) is 7.84. The Kier molecular flexibility index (Phi) is 5.76. The molecule has 0 bridgehead atoms. The summed E-state index contributed by atoms with van der Waals surface area (Å²) in [4.78, 5) is 32.6. The van der Waals surface area contributed by atoms with Gasteiger partial charge in [0.15, 0.2) is 0 Å². The maximum Gasteiger partial charge on any atom is 0.303 e. The van der Waals surface area contributed by atoms with Gasteiger partial charge in [-0.2, -0.15) is 0 Å². The number of aromatic nitrogens is 4. The molecule has 3 aromatic rings. The summed E-state index contributed by atoms with van der Waals surface area (Å²) in [6.07, 6.45) is 18.5. The van der Waals surface area contributed by atoms with E-state index in [9.17, 15) is 4.79 Å². The van der Waals surface area contributed by atoms with Crippen LogP contribution in [0.1, 0.15) is 63.6 Å². The van der Waals surface area contributed by atoms with Crippen molar-refractivity contribution in [3.05, 3.63) is 60.0 Å². The molecule has 3 heterocycles. The van der Waals surface area contributed by atoms with Gasteiger partial charge in [0.05, 0.1) is 16.6 Å². The Morgan fingerprint density at radius 1 is 1.03 bits per heavy atom. The first-order valence-corrected chi connectivity index (χ1v) is 12.6. The van der Waals surface area contributed by atoms with Crippen molar-refractivity contribution in [2.24, 2.45) is 16.8 Å². The van der Waals surface area contributed by atoms with Gasteiger partial charge in [0.2, 0.25) is 0 Å². The largest absolute Gasteiger partial charge is 0.481 e. The van der Waals surface area contributed by atoms with E-state index in [1.807, 2.05) is 24.5 Å². The van der Waals surface area contributed by atoms with Crippen molar-refractivity contribution in [2.45, 2.75) is 57.8 Å². The zero-order valence-electron chi connectivity index (χ0n) is 19.7. The first kappa shape index (κ1) is 21.9. The van der Waals surface area contributed by atoms with Crippen LogP contribution in [0.25, 0.3) is 27.5 Å². The lowest BCUT2D eigenvalue weighted by molar-refractivity contribution is -0.138. The van der Waals surface area contributed by atoms with Gasteiger partial charge < -0.3 is 10.1 Å². The molecule has 0 radical (unpaired) electrons. The number of carboxylic acid groups (broad SMARTS) is 1. The van der Waals surface area contributed by atoms with Crippen LogP contribution in [0, 0.1) is 11.8 Å². The summed E-state index contributed by atoms with van der Waals surface area (Å²) in [5.74, 6) is 1.19. The number of aliphatic imine (C=N–C) groups is 1. The van der Waals surface area contributed by atoms with E-state index >= 15 is 0 Å². The van der Waals surface area contributed by atoms with E-state index in [4.69, 9.17) is 15.1 Å². The zero-order valence-corrected chi connectivity index (χ0v) is 19.7. The number of nitrogens with one attached hydrogen (secondary N) is 1. The zero-order chi connectivity index (χ0) is 23.8. The quantitative estimate of drug-likeness (QED) is 0.478. The van der Waals surface area contributed by atoms with Crippen molar-refractivity contribution in [3.8, 4) is 0 Å². The molecular formula is C28H29N5O2. The van der Waals surface area contributed by atoms with E-state index in [0.717, 1.165) is 84.7 Å². The van der Waals surface area contributed by atoms with Gasteiger partial charge in [0.25, 0.3) is 0 Å². The Morgan fingerprint density at radius 2 is 1.89 bits per heavy atom. The van der Waals surface area contributed by atoms with Crippen LogP contribution in [0.2, 0.25) is 0 Å². The normalized spacial score (nSPS) is 23.0. The molecule has 7 heteroatoms. The van der Waals surface area contributed by atoms with Gasteiger partial charge in [0.1, 0.15) is 12.2 Å². The molecule has 6 rings (SSSR count). The molecule has 0 atom stereocenters. The Morgan fingerprint density at radius 3 is 2.63 bits per heavy atom. The SMILES string of the molecule is O=C(O)CC1CCC(C2=CC=C(C3=NC=C(c4nc5c(ccc6ncncc65)[nH]4)CC3)CC2)CC1. The van der Waals surface area contributed by atoms with E-state index in [1.54, 1.807) is 6.33 Å². The van der Waals surface area contributed by atoms with Gasteiger partial charge in [0, 0.05) is 35.5 Å². The summed E-state index contributed by atoms with van der Waals surface area (Å²) >= 11 is 0. The minimum atomic E-state index is -0.660. The van der Waals surface area contributed by atoms with Gasteiger partial charge in [-0.25, -0.2) is 15.0 Å². The van der Waals surface area contributed by atoms with E-state index < -0.39 is 5.97 Å². The average Bonchev–Trinajstić information content (AvgIpc) is 3.34. The van der Waals surface area contributed by atoms with E-state index in [2.05, 4.69) is 27.1 Å². The second kappa shape index (κ2) is 9.21. The Balaban J connectivity index is 1.16. The molecule has 2 aromatic heterocycles. The van der Waals surface area contributed by atoms with Gasteiger partial charge in [-0.3, -0.25) is 9.79 Å². The number of rotatable bonds is 5. The van der Waals surface area contributed by atoms with Crippen molar-refractivity contribution in [1.29, 1.82) is 0 Å². The van der Waals surface area contributed by atoms with Crippen LogP contribution in [0.3, 0.4) is 0 Å². The average molecular weight is 468 g/mol. The van der Waals surface area contributed by atoms with Crippen molar-refractivity contribution in [3.63, 3.8) is 0 Å². The first-order valence-electron chi connectivity index (χ1n) is 12.6. The van der Waals surface area contributed by atoms with Crippen molar-refractivity contribution in [2.75, 3.05) is 0 Å². The molecule has 1 aromatic carbocycles. The minimum absolute atomic E-state index is 0.324. The van der Waals surface area contributed by atoms with Crippen LogP contribution in [0.4, 0.5) is 0 Å². The van der Waals surface area contributed by atoms with E-state index in [0.29, 0.717) is 18.3 Å². The summed E-state index contributed by atoms with van der Waals surface area (Å²) in [5.41, 5.74) is 7.98. The minimum Gasteiger partial charge on any atom is -0.481 e. The topological polar surface area (TPSA) is 104 Å². The molecule has 0 unspecified atom stereocenters. The van der Waals surface area contributed by atoms with Gasteiger partial charge in [-0.1, -0.05) is 17.7 Å². The first-order chi connectivity index (χ1) is 17.1. The summed E-state index contributed by atoms with van der Waals surface area (Å²) in [5, 5.41) is 10.00. The number of aromatic amines is 1. The number of carboxylic acids is 1. The summed E-state index contributed by atoms with van der Waals surface area (Å²) in [6.45, 7) is 0. The fraction of sp³-hybridized carbons (Fsp3) is 0.393. The molecule has 178 valence electrons. The second-order valence-electron chi connectivity index (χ2n) is 9.98. The number of allylic oxidation sites excluding steroid dienone is 5. The summed E-state index contributed by atoms with van der Waals surface area (Å²) in [6, 6.07) is 4.01. The highest BCUT2D eigenvalue weighted by Gasteiger charge is 2.26. The fourth-order valence-electron chi connectivity index (χ4n) is 5.86. The lowest BCUT2D eigenvalue weighted by Gasteiger charge is -2.31. The number of aliphatic carboxylic acids is 1. The monoisotopic (exact) mass is 467 g/mol. The van der Waals surface area contributed by atoms with Gasteiger partial charge >= 0.3 is 5.97 Å². The number of nitrogens with zero attached hydrogens (tertiary/aromatic N) is 4. The molecule has 1 saturated carbocycles.